The van der Waals surface area contributed by atoms with Gasteiger partial charge in [-0.2, -0.15) is 13.2 Å². The van der Waals surface area contributed by atoms with Gasteiger partial charge in [0.1, 0.15) is 0 Å². The molecular weight excluding hydrogens is 517 g/mol. The third kappa shape index (κ3) is 10.6. The first-order valence-corrected chi connectivity index (χ1v) is 13.4. The van der Waals surface area contributed by atoms with Gasteiger partial charge in [0, 0.05) is 44.1 Å². The first-order chi connectivity index (χ1) is 17.7. The monoisotopic (exact) mass is 554 g/mol. The molecule has 1 amide bonds. The molecule has 0 fully saturated rings. The molecule has 0 bridgehead atoms. The fourth-order valence-corrected chi connectivity index (χ4v) is 4.32. The highest BCUT2D eigenvalue weighted by molar-refractivity contribution is 7.93. The lowest BCUT2D eigenvalue weighted by molar-refractivity contribution is -0.137. The zero-order valence-electron chi connectivity index (χ0n) is 22.3. The molecule has 0 aliphatic rings. The molecule has 0 atom stereocenters. The highest BCUT2D eigenvalue weighted by Crippen LogP contribution is 2.30. The van der Waals surface area contributed by atoms with Crippen molar-refractivity contribution in [3.05, 3.63) is 89.0 Å². The molecule has 0 aromatic heterocycles. The number of rotatable bonds is 15. The Morgan fingerprint density at radius 3 is 2.24 bits per heavy atom. The number of halogens is 3. The van der Waals surface area contributed by atoms with E-state index in [0.717, 1.165) is 12.1 Å². The third-order valence-electron chi connectivity index (χ3n) is 5.42. The number of nitrogens with zero attached hydrogens (tertiary/aromatic N) is 1. The number of allylic oxidation sites excluding steroid dienone is 6. The number of benzene rings is 1. The summed E-state index contributed by atoms with van der Waals surface area (Å²) in [5.41, 5.74) is 1.41. The van der Waals surface area contributed by atoms with E-state index in [1.165, 1.54) is 19.1 Å². The number of sulfonamides is 1. The molecule has 0 aliphatic heterocycles. The van der Waals surface area contributed by atoms with Crippen LogP contribution in [0.2, 0.25) is 0 Å². The molecular formula is C27H37F3N4O3S. The quantitative estimate of drug-likeness (QED) is 0.210. The van der Waals surface area contributed by atoms with Crippen LogP contribution in [-0.4, -0.2) is 53.0 Å². The predicted molar refractivity (Wildman–Crippen MR) is 148 cm³/mol. The molecule has 0 unspecified atom stereocenters. The Morgan fingerprint density at radius 2 is 1.71 bits per heavy atom. The zero-order chi connectivity index (χ0) is 28.9. The molecule has 3 N–H and O–H groups in total. The second-order valence-corrected chi connectivity index (χ2v) is 10.4. The maximum Gasteiger partial charge on any atom is 0.416 e. The number of nitrogens with one attached hydrogen (secondary N) is 3. The lowest BCUT2D eigenvalue weighted by Gasteiger charge is -2.21. The van der Waals surface area contributed by atoms with Gasteiger partial charge in [-0.05, 0) is 56.5 Å². The number of unbranched alkanes of at least 4 members (excludes halogenated alkanes) is 1. The number of likely N-dealkylation sites (N-methyl/N-ethyl adjacent to an activating group) is 1. The summed E-state index contributed by atoms with van der Waals surface area (Å²) in [6.07, 6.45) is 3.35. The topological polar surface area (TPSA) is 90.5 Å². The van der Waals surface area contributed by atoms with Gasteiger partial charge in [-0.15, -0.1) is 0 Å². The van der Waals surface area contributed by atoms with Crippen LogP contribution in [0.1, 0.15) is 32.3 Å². The van der Waals surface area contributed by atoms with E-state index in [1.54, 1.807) is 36.1 Å². The summed E-state index contributed by atoms with van der Waals surface area (Å²) in [6, 6.07) is 4.39. The summed E-state index contributed by atoms with van der Waals surface area (Å²) in [5, 5.41) is 5.45. The third-order valence-corrected chi connectivity index (χ3v) is 7.03. The molecule has 1 aromatic carbocycles. The Hall–Kier alpha value is -3.31. The molecule has 1 aromatic rings. The lowest BCUT2D eigenvalue weighted by Crippen LogP contribution is -2.31. The molecule has 0 heterocycles. The Labute approximate surface area is 223 Å². The van der Waals surface area contributed by atoms with Gasteiger partial charge >= 0.3 is 6.18 Å². The maximum absolute atomic E-state index is 12.9. The van der Waals surface area contributed by atoms with Crippen LogP contribution in [0.5, 0.6) is 0 Å². The first-order valence-electron chi connectivity index (χ1n) is 11.9. The van der Waals surface area contributed by atoms with Crippen molar-refractivity contribution in [1.82, 2.24) is 14.9 Å². The van der Waals surface area contributed by atoms with Gasteiger partial charge in [0.2, 0.25) is 15.9 Å². The summed E-state index contributed by atoms with van der Waals surface area (Å²) in [6.45, 7) is 11.5. The number of hydrogen-bond acceptors (Lipinski definition) is 5. The number of hydrogen-bond donors (Lipinski definition) is 3. The van der Waals surface area contributed by atoms with Crippen LogP contribution < -0.4 is 15.4 Å². The normalized spacial score (nSPS) is 13.2. The molecule has 0 radical (unpaired) electrons. The molecule has 7 nitrogen and oxygen atoms in total. The second-order valence-electron chi connectivity index (χ2n) is 8.51. The molecule has 11 heteroatoms. The van der Waals surface area contributed by atoms with Crippen molar-refractivity contribution < 1.29 is 26.4 Å². The Morgan fingerprint density at radius 1 is 1.11 bits per heavy atom. The fraction of sp³-hybridized carbons (Fsp3) is 0.370. The number of carbonyl (C=O) groups is 1. The van der Waals surface area contributed by atoms with E-state index in [-0.39, 0.29) is 23.9 Å². The van der Waals surface area contributed by atoms with Crippen LogP contribution in [0.4, 0.5) is 18.9 Å². The average Bonchev–Trinajstić information content (AvgIpc) is 2.85. The van der Waals surface area contributed by atoms with E-state index in [9.17, 15) is 26.4 Å². The van der Waals surface area contributed by atoms with E-state index in [0.29, 0.717) is 41.9 Å². The standard InChI is InChI=1S/C27H37F3N4O3S/c1-7-11-24(20(3)34(5)6)25(12-8-2)21(4)38(36,37)33-18-10-9-17-31-26(35)19-32-23-15-13-22(14-16-23)27(28,29)30/h7-8,11-16,32-33H,1,3,9-10,17-19H2,2,4-6H3,(H,31,35)/b12-8-,24-11-,25-21+. The van der Waals surface area contributed by atoms with E-state index in [1.807, 2.05) is 14.1 Å². The van der Waals surface area contributed by atoms with Crippen molar-refractivity contribution in [2.24, 2.45) is 0 Å². The number of alkyl halides is 3. The lowest BCUT2D eigenvalue weighted by atomic mass is 10.0. The molecule has 0 saturated heterocycles. The minimum atomic E-state index is -4.42. The van der Waals surface area contributed by atoms with Gasteiger partial charge in [0.15, 0.2) is 0 Å². The Bertz CT molecular complexity index is 1170. The minimum Gasteiger partial charge on any atom is -0.378 e. The molecule has 1 rings (SSSR count). The number of carbonyl (C=O) groups excluding carboxylic acids is 1. The minimum absolute atomic E-state index is 0.103. The van der Waals surface area contributed by atoms with E-state index < -0.39 is 21.8 Å². The first kappa shape index (κ1) is 32.7. The summed E-state index contributed by atoms with van der Waals surface area (Å²) in [7, 11) is -0.148. The zero-order valence-corrected chi connectivity index (χ0v) is 23.1. The summed E-state index contributed by atoms with van der Waals surface area (Å²) >= 11 is 0. The number of amides is 1. The largest absolute Gasteiger partial charge is 0.416 e. The van der Waals surface area contributed by atoms with E-state index >= 15 is 0 Å². The van der Waals surface area contributed by atoms with Crippen LogP contribution in [0.3, 0.4) is 0 Å². The maximum atomic E-state index is 12.9. The van der Waals surface area contributed by atoms with Crippen LogP contribution in [0.25, 0.3) is 0 Å². The number of anilines is 1. The van der Waals surface area contributed by atoms with Gasteiger partial charge in [-0.3, -0.25) is 4.79 Å². The molecule has 38 heavy (non-hydrogen) atoms. The van der Waals surface area contributed by atoms with Crippen molar-refractivity contribution in [1.29, 1.82) is 0 Å². The van der Waals surface area contributed by atoms with Crippen LogP contribution in [0, 0.1) is 0 Å². The van der Waals surface area contributed by atoms with E-state index in [2.05, 4.69) is 28.5 Å². The average molecular weight is 555 g/mol. The predicted octanol–water partition coefficient (Wildman–Crippen LogP) is 4.97. The van der Waals surface area contributed by atoms with Gasteiger partial charge in [0.05, 0.1) is 17.0 Å². The van der Waals surface area contributed by atoms with Crippen LogP contribution >= 0.6 is 0 Å². The molecule has 0 spiro atoms. The van der Waals surface area contributed by atoms with Gasteiger partial charge in [-0.1, -0.05) is 37.5 Å². The van der Waals surface area contributed by atoms with E-state index in [4.69, 9.17) is 0 Å². The summed E-state index contributed by atoms with van der Waals surface area (Å²) in [4.78, 5) is 13.9. The highest BCUT2D eigenvalue weighted by Gasteiger charge is 2.29. The van der Waals surface area contributed by atoms with Crippen molar-refractivity contribution in [2.75, 3.05) is 39.0 Å². The van der Waals surface area contributed by atoms with Gasteiger partial charge in [-0.25, -0.2) is 13.1 Å². The van der Waals surface area contributed by atoms with Crippen LogP contribution in [0.15, 0.2) is 83.5 Å². The van der Waals surface area contributed by atoms with Crippen LogP contribution in [-0.2, 0) is 21.0 Å². The fourth-order valence-electron chi connectivity index (χ4n) is 3.22. The van der Waals surface area contributed by atoms with Crippen molar-refractivity contribution >= 4 is 21.6 Å². The van der Waals surface area contributed by atoms with Crippen molar-refractivity contribution in [2.45, 2.75) is 32.9 Å². The summed E-state index contributed by atoms with van der Waals surface area (Å²) < 4.78 is 66.3. The SMILES string of the molecule is C=C\C=C(C(=C)N(C)C)/C(/C=C\C)=C(\C)S(=O)(=O)NCCCCNC(=O)CNc1ccc(C(F)(F)F)cc1. The molecule has 210 valence electrons. The summed E-state index contributed by atoms with van der Waals surface area (Å²) in [5.74, 6) is -0.331. The highest BCUT2D eigenvalue weighted by atomic mass is 32.2. The smallest absolute Gasteiger partial charge is 0.378 e. The second kappa shape index (κ2) is 15.2. The molecule has 0 aliphatic carbocycles. The van der Waals surface area contributed by atoms with Gasteiger partial charge < -0.3 is 15.5 Å². The molecule has 0 saturated carbocycles. The Balaban J connectivity index is 2.59. The Kier molecular flexibility index (Phi) is 13.1. The van der Waals surface area contributed by atoms with Crippen molar-refractivity contribution in [3.63, 3.8) is 0 Å². The van der Waals surface area contributed by atoms with Gasteiger partial charge in [0.25, 0.3) is 0 Å². The van der Waals surface area contributed by atoms with Crippen molar-refractivity contribution in [3.8, 4) is 0 Å².